The fraction of sp³-hybridized carbons (Fsp3) is 0.154. The zero-order valence-electron chi connectivity index (χ0n) is 18.6. The first kappa shape index (κ1) is 24.3. The normalized spacial score (nSPS) is 11.3. The van der Waals surface area contributed by atoms with E-state index in [2.05, 4.69) is 10.4 Å². The maximum Gasteiger partial charge on any atom is 0.435 e. The molecular formula is C26H21ClF3N3O2. The molecule has 4 rings (SSSR count). The second-order valence-electron chi connectivity index (χ2n) is 7.71. The highest BCUT2D eigenvalue weighted by Crippen LogP contribution is 2.34. The van der Waals surface area contributed by atoms with Crippen LogP contribution < -0.4 is 10.1 Å². The molecule has 3 aromatic carbocycles. The number of rotatable bonds is 7. The van der Waals surface area contributed by atoms with E-state index in [9.17, 15) is 18.0 Å². The smallest absolute Gasteiger partial charge is 0.435 e. The summed E-state index contributed by atoms with van der Waals surface area (Å²) in [7, 11) is 1.59. The van der Waals surface area contributed by atoms with Gasteiger partial charge >= 0.3 is 6.18 Å². The standard InChI is InChI=1S/C26H21ClF3N3O2/c1-35-20-6-4-5-17(15-20)13-14-31-25(34)19-11-9-18(10-12-19)23-16-24(26(28,29)30)32-33(23)22-8-3-2-7-21(22)27/h2-12,15-16H,13-14H2,1H3,(H,31,34). The molecule has 35 heavy (non-hydrogen) atoms. The monoisotopic (exact) mass is 499 g/mol. The van der Waals surface area contributed by atoms with Crippen molar-refractivity contribution in [3.05, 3.63) is 101 Å². The summed E-state index contributed by atoms with van der Waals surface area (Å²) >= 11 is 6.22. The predicted octanol–water partition coefficient (Wildman–Crippen LogP) is 6.19. The number of carbonyl (C=O) groups is 1. The lowest BCUT2D eigenvalue weighted by Gasteiger charge is -2.10. The molecule has 5 nitrogen and oxygen atoms in total. The molecule has 4 aromatic rings. The molecule has 0 saturated carbocycles. The molecule has 0 bridgehead atoms. The average Bonchev–Trinajstić information content (AvgIpc) is 3.30. The van der Waals surface area contributed by atoms with Crippen molar-refractivity contribution in [1.29, 1.82) is 0 Å². The zero-order chi connectivity index (χ0) is 25.0. The summed E-state index contributed by atoms with van der Waals surface area (Å²) in [4.78, 5) is 12.6. The van der Waals surface area contributed by atoms with Crippen molar-refractivity contribution in [1.82, 2.24) is 15.1 Å². The summed E-state index contributed by atoms with van der Waals surface area (Å²) in [6.45, 7) is 0.419. The molecular weight excluding hydrogens is 479 g/mol. The molecule has 0 aliphatic heterocycles. The number of alkyl halides is 3. The van der Waals surface area contributed by atoms with Gasteiger partial charge in [-0.15, -0.1) is 0 Å². The maximum atomic E-state index is 13.4. The molecule has 9 heteroatoms. The summed E-state index contributed by atoms with van der Waals surface area (Å²) in [5.41, 5.74) is 1.36. The van der Waals surface area contributed by atoms with E-state index >= 15 is 0 Å². The number of halogens is 4. The van der Waals surface area contributed by atoms with Gasteiger partial charge in [0.1, 0.15) is 5.75 Å². The van der Waals surface area contributed by atoms with E-state index in [1.807, 2.05) is 24.3 Å². The van der Waals surface area contributed by atoms with E-state index < -0.39 is 11.9 Å². The van der Waals surface area contributed by atoms with Crippen LogP contribution in [0.25, 0.3) is 16.9 Å². The lowest BCUT2D eigenvalue weighted by atomic mass is 10.1. The van der Waals surface area contributed by atoms with Gasteiger partial charge in [-0.3, -0.25) is 4.79 Å². The molecule has 180 valence electrons. The van der Waals surface area contributed by atoms with Crippen LogP contribution in [0.3, 0.4) is 0 Å². The van der Waals surface area contributed by atoms with Crippen LogP contribution in [0.1, 0.15) is 21.6 Å². The Hall–Kier alpha value is -3.78. The van der Waals surface area contributed by atoms with E-state index in [4.69, 9.17) is 16.3 Å². The first-order valence-corrected chi connectivity index (χ1v) is 11.1. The molecule has 1 amide bonds. The third-order valence-corrected chi connectivity index (χ3v) is 5.68. The van der Waals surface area contributed by atoms with Crippen molar-refractivity contribution in [3.8, 4) is 22.7 Å². The molecule has 0 unspecified atom stereocenters. The molecule has 0 atom stereocenters. The van der Waals surface area contributed by atoms with Gasteiger partial charge in [-0.1, -0.05) is 48.0 Å². The number of hydrogen-bond acceptors (Lipinski definition) is 3. The van der Waals surface area contributed by atoms with Crippen molar-refractivity contribution >= 4 is 17.5 Å². The van der Waals surface area contributed by atoms with Gasteiger partial charge in [0.05, 0.1) is 23.5 Å². The van der Waals surface area contributed by atoms with Crippen molar-refractivity contribution in [2.75, 3.05) is 13.7 Å². The van der Waals surface area contributed by atoms with E-state index in [1.165, 1.54) is 0 Å². The fourth-order valence-electron chi connectivity index (χ4n) is 3.58. The molecule has 0 aliphatic rings. The minimum Gasteiger partial charge on any atom is -0.497 e. The Balaban J connectivity index is 1.52. The number of nitrogens with zero attached hydrogens (tertiary/aromatic N) is 2. The van der Waals surface area contributed by atoms with Crippen LogP contribution in [0.15, 0.2) is 78.9 Å². The summed E-state index contributed by atoms with van der Waals surface area (Å²) in [6.07, 6.45) is -4.00. The molecule has 0 saturated heterocycles. The molecule has 0 radical (unpaired) electrons. The van der Waals surface area contributed by atoms with Crippen molar-refractivity contribution < 1.29 is 22.7 Å². The Morgan fingerprint density at radius 1 is 1.03 bits per heavy atom. The number of methoxy groups -OCH3 is 1. The van der Waals surface area contributed by atoms with Crippen LogP contribution in [0.5, 0.6) is 5.75 Å². The van der Waals surface area contributed by atoms with E-state index in [1.54, 1.807) is 55.6 Å². The van der Waals surface area contributed by atoms with Gasteiger partial charge < -0.3 is 10.1 Å². The van der Waals surface area contributed by atoms with Gasteiger partial charge in [0.15, 0.2) is 5.69 Å². The van der Waals surface area contributed by atoms with Gasteiger partial charge in [-0.25, -0.2) is 4.68 Å². The fourth-order valence-corrected chi connectivity index (χ4v) is 3.79. The van der Waals surface area contributed by atoms with Gasteiger partial charge in [0.25, 0.3) is 5.91 Å². The topological polar surface area (TPSA) is 56.1 Å². The third-order valence-electron chi connectivity index (χ3n) is 5.36. The van der Waals surface area contributed by atoms with Gasteiger partial charge in [0.2, 0.25) is 0 Å². The molecule has 0 aliphatic carbocycles. The summed E-state index contributed by atoms with van der Waals surface area (Å²) < 4.78 is 46.6. The zero-order valence-corrected chi connectivity index (χ0v) is 19.4. The Bertz CT molecular complexity index is 1330. The van der Waals surface area contributed by atoms with Crippen LogP contribution in [-0.2, 0) is 12.6 Å². The Morgan fingerprint density at radius 3 is 2.46 bits per heavy atom. The highest BCUT2D eigenvalue weighted by Gasteiger charge is 2.35. The van der Waals surface area contributed by atoms with E-state index in [-0.39, 0.29) is 16.6 Å². The van der Waals surface area contributed by atoms with Gasteiger partial charge in [0, 0.05) is 17.7 Å². The minimum absolute atomic E-state index is 0.204. The SMILES string of the molecule is COc1cccc(CCNC(=O)c2ccc(-c3cc(C(F)(F)F)nn3-c3ccccc3Cl)cc2)c1. The van der Waals surface area contributed by atoms with Crippen molar-refractivity contribution in [2.24, 2.45) is 0 Å². The third kappa shape index (κ3) is 5.66. The summed E-state index contributed by atoms with van der Waals surface area (Å²) in [5, 5.41) is 6.86. The first-order valence-electron chi connectivity index (χ1n) is 10.7. The second-order valence-corrected chi connectivity index (χ2v) is 8.12. The molecule has 0 fully saturated rings. The predicted molar refractivity (Wildman–Crippen MR) is 128 cm³/mol. The maximum absolute atomic E-state index is 13.4. The minimum atomic E-state index is -4.62. The average molecular weight is 500 g/mol. The Morgan fingerprint density at radius 2 is 1.77 bits per heavy atom. The first-order chi connectivity index (χ1) is 16.8. The van der Waals surface area contributed by atoms with E-state index in [0.717, 1.165) is 22.1 Å². The number of amides is 1. The quantitative estimate of drug-likeness (QED) is 0.330. The Labute approximate surface area is 205 Å². The van der Waals surface area contributed by atoms with Crippen LogP contribution in [0.4, 0.5) is 13.2 Å². The number of nitrogens with one attached hydrogen (secondary N) is 1. The highest BCUT2D eigenvalue weighted by atomic mass is 35.5. The summed E-state index contributed by atoms with van der Waals surface area (Å²) in [6, 6.07) is 21.3. The van der Waals surface area contributed by atoms with Crippen LogP contribution in [-0.4, -0.2) is 29.3 Å². The largest absolute Gasteiger partial charge is 0.497 e. The number of carbonyl (C=O) groups excluding carboxylic acids is 1. The van der Waals surface area contributed by atoms with Crippen LogP contribution in [0.2, 0.25) is 5.02 Å². The van der Waals surface area contributed by atoms with Gasteiger partial charge in [-0.2, -0.15) is 18.3 Å². The number of aromatic nitrogens is 2. The molecule has 0 spiro atoms. The Kier molecular flexibility index (Phi) is 7.12. The lowest BCUT2D eigenvalue weighted by molar-refractivity contribution is -0.141. The second kappa shape index (κ2) is 10.2. The number of ether oxygens (including phenoxy) is 1. The van der Waals surface area contributed by atoms with E-state index in [0.29, 0.717) is 29.8 Å². The molecule has 1 heterocycles. The van der Waals surface area contributed by atoms with Gasteiger partial charge in [-0.05, 0) is 54.4 Å². The molecule has 1 aromatic heterocycles. The number of hydrogen-bond donors (Lipinski definition) is 1. The van der Waals surface area contributed by atoms with Crippen molar-refractivity contribution in [3.63, 3.8) is 0 Å². The van der Waals surface area contributed by atoms with Crippen LogP contribution >= 0.6 is 11.6 Å². The molecule has 1 N–H and O–H groups in total. The number of para-hydroxylation sites is 1. The van der Waals surface area contributed by atoms with Crippen molar-refractivity contribution in [2.45, 2.75) is 12.6 Å². The number of benzene rings is 3. The van der Waals surface area contributed by atoms with Crippen LogP contribution in [0, 0.1) is 0 Å². The highest BCUT2D eigenvalue weighted by molar-refractivity contribution is 6.32. The lowest BCUT2D eigenvalue weighted by Crippen LogP contribution is -2.25. The summed E-state index contributed by atoms with van der Waals surface area (Å²) in [5.74, 6) is 0.462.